The molecule has 2 aromatic carbocycles. The molecule has 0 unspecified atom stereocenters. The predicted molar refractivity (Wildman–Crippen MR) is 98.8 cm³/mol. The van der Waals surface area contributed by atoms with E-state index in [1.54, 1.807) is 23.1 Å². The Bertz CT molecular complexity index is 722. The summed E-state index contributed by atoms with van der Waals surface area (Å²) in [6.07, 6.45) is 0. The third kappa shape index (κ3) is 5.24. The maximum Gasteiger partial charge on any atom is 0.255 e. The van der Waals surface area contributed by atoms with Crippen molar-refractivity contribution >= 4 is 28.5 Å². The molecule has 0 aliphatic carbocycles. The van der Waals surface area contributed by atoms with Crippen LogP contribution in [0.3, 0.4) is 0 Å². The Morgan fingerprint density at radius 1 is 1.04 bits per heavy atom. The van der Waals surface area contributed by atoms with E-state index in [-0.39, 0.29) is 18.3 Å². The molecular formula is C18H19F2IN2O. The number of carbonyl (C=O) groups excluding carboxylic acids is 1. The van der Waals surface area contributed by atoms with Crippen LogP contribution >= 0.6 is 22.6 Å². The zero-order valence-electron chi connectivity index (χ0n) is 13.6. The van der Waals surface area contributed by atoms with Gasteiger partial charge in [0.2, 0.25) is 0 Å². The molecule has 0 aliphatic heterocycles. The summed E-state index contributed by atoms with van der Waals surface area (Å²) in [6.45, 7) is 1.40. The topological polar surface area (TPSA) is 23.6 Å². The first-order valence-electron chi connectivity index (χ1n) is 7.50. The third-order valence-electron chi connectivity index (χ3n) is 3.53. The highest BCUT2D eigenvalue weighted by Crippen LogP contribution is 2.18. The second-order valence-electron chi connectivity index (χ2n) is 5.78. The molecule has 0 saturated carbocycles. The lowest BCUT2D eigenvalue weighted by atomic mass is 10.1. The predicted octanol–water partition coefficient (Wildman–Crippen LogP) is 3.77. The maximum absolute atomic E-state index is 13.5. The van der Waals surface area contributed by atoms with Gasteiger partial charge in [0.25, 0.3) is 5.91 Å². The van der Waals surface area contributed by atoms with Crippen LogP contribution in [0.1, 0.15) is 15.9 Å². The molecule has 0 radical (unpaired) electrons. The van der Waals surface area contributed by atoms with Crippen molar-refractivity contribution in [1.29, 1.82) is 0 Å². The number of carbonyl (C=O) groups is 1. The number of amides is 1. The highest BCUT2D eigenvalue weighted by atomic mass is 127. The molecule has 128 valence electrons. The molecule has 3 nitrogen and oxygen atoms in total. The van der Waals surface area contributed by atoms with Crippen molar-refractivity contribution in [3.8, 4) is 0 Å². The van der Waals surface area contributed by atoms with Gasteiger partial charge in [-0.15, -0.1) is 0 Å². The minimum Gasteiger partial charge on any atom is -0.333 e. The van der Waals surface area contributed by atoms with Crippen molar-refractivity contribution in [3.63, 3.8) is 0 Å². The van der Waals surface area contributed by atoms with E-state index in [2.05, 4.69) is 0 Å². The van der Waals surface area contributed by atoms with Crippen LogP contribution in [-0.4, -0.2) is 42.9 Å². The minimum atomic E-state index is -0.447. The molecule has 0 heterocycles. The number of halogens is 3. The Morgan fingerprint density at radius 2 is 1.75 bits per heavy atom. The highest BCUT2D eigenvalue weighted by Gasteiger charge is 2.19. The molecule has 0 fully saturated rings. The van der Waals surface area contributed by atoms with Gasteiger partial charge in [0.1, 0.15) is 11.6 Å². The number of rotatable bonds is 6. The molecule has 0 bridgehead atoms. The van der Waals surface area contributed by atoms with Gasteiger partial charge in [-0.25, -0.2) is 8.78 Å². The van der Waals surface area contributed by atoms with Crippen LogP contribution in [0.4, 0.5) is 8.78 Å². The molecule has 0 aliphatic rings. The molecular weight excluding hydrogens is 425 g/mol. The largest absolute Gasteiger partial charge is 0.333 e. The number of nitrogens with zero attached hydrogens (tertiary/aromatic N) is 2. The molecule has 6 heteroatoms. The average molecular weight is 444 g/mol. The van der Waals surface area contributed by atoms with Crippen LogP contribution in [0.15, 0.2) is 42.5 Å². The average Bonchev–Trinajstić information content (AvgIpc) is 2.53. The third-order valence-corrected chi connectivity index (χ3v) is 4.47. The lowest BCUT2D eigenvalue weighted by molar-refractivity contribution is 0.0730. The van der Waals surface area contributed by atoms with Crippen molar-refractivity contribution in [3.05, 3.63) is 68.8 Å². The van der Waals surface area contributed by atoms with E-state index in [4.69, 9.17) is 0 Å². The summed E-state index contributed by atoms with van der Waals surface area (Å²) in [5, 5.41) is 0. The fourth-order valence-corrected chi connectivity index (χ4v) is 2.83. The second-order valence-corrected chi connectivity index (χ2v) is 6.95. The SMILES string of the molecule is CN(C)CCN(Cc1cccc(F)c1)C(=O)c1cc(F)ccc1I. The van der Waals surface area contributed by atoms with Gasteiger partial charge >= 0.3 is 0 Å². The molecule has 2 rings (SSSR count). The Hall–Kier alpha value is -1.54. The quantitative estimate of drug-likeness (QED) is 0.634. The van der Waals surface area contributed by atoms with Gasteiger partial charge in [-0.1, -0.05) is 12.1 Å². The lowest BCUT2D eigenvalue weighted by Crippen LogP contribution is -2.36. The van der Waals surface area contributed by atoms with Gasteiger partial charge in [-0.05, 0) is 72.6 Å². The summed E-state index contributed by atoms with van der Waals surface area (Å²) in [7, 11) is 3.83. The van der Waals surface area contributed by atoms with E-state index < -0.39 is 5.82 Å². The van der Waals surface area contributed by atoms with Crippen LogP contribution in [0.5, 0.6) is 0 Å². The minimum absolute atomic E-state index is 0.259. The van der Waals surface area contributed by atoms with Gasteiger partial charge in [-0.3, -0.25) is 4.79 Å². The molecule has 24 heavy (non-hydrogen) atoms. The molecule has 0 aromatic heterocycles. The van der Waals surface area contributed by atoms with Gasteiger partial charge in [0.15, 0.2) is 0 Å². The molecule has 2 aromatic rings. The van der Waals surface area contributed by atoms with Gasteiger partial charge in [-0.2, -0.15) is 0 Å². The smallest absolute Gasteiger partial charge is 0.255 e. The number of benzene rings is 2. The van der Waals surface area contributed by atoms with Crippen molar-refractivity contribution in [2.45, 2.75) is 6.54 Å². The first kappa shape index (κ1) is 18.8. The Morgan fingerprint density at radius 3 is 2.42 bits per heavy atom. The summed E-state index contributed by atoms with van der Waals surface area (Å²) in [6, 6.07) is 10.3. The number of likely N-dealkylation sites (N-methyl/N-ethyl adjacent to an activating group) is 1. The highest BCUT2D eigenvalue weighted by molar-refractivity contribution is 14.1. The summed E-state index contributed by atoms with van der Waals surface area (Å²) < 4.78 is 27.6. The summed E-state index contributed by atoms with van der Waals surface area (Å²) in [4.78, 5) is 16.4. The Balaban J connectivity index is 2.27. The zero-order chi connectivity index (χ0) is 17.7. The van der Waals surface area contributed by atoms with E-state index in [9.17, 15) is 13.6 Å². The van der Waals surface area contributed by atoms with E-state index in [0.717, 1.165) is 0 Å². The van der Waals surface area contributed by atoms with Crippen LogP contribution in [-0.2, 0) is 6.54 Å². The van der Waals surface area contributed by atoms with Crippen molar-refractivity contribution in [1.82, 2.24) is 9.80 Å². The monoisotopic (exact) mass is 444 g/mol. The van der Waals surface area contributed by atoms with E-state index in [1.807, 2.05) is 41.6 Å². The fourth-order valence-electron chi connectivity index (χ4n) is 2.26. The van der Waals surface area contributed by atoms with Crippen molar-refractivity contribution < 1.29 is 13.6 Å². The van der Waals surface area contributed by atoms with Crippen LogP contribution in [0.25, 0.3) is 0 Å². The maximum atomic E-state index is 13.5. The van der Waals surface area contributed by atoms with E-state index in [0.29, 0.717) is 27.8 Å². The Kier molecular flexibility index (Phi) is 6.68. The molecule has 0 N–H and O–H groups in total. The van der Waals surface area contributed by atoms with Crippen molar-refractivity contribution in [2.24, 2.45) is 0 Å². The standard InChI is InChI=1S/C18H19F2IN2O/c1-22(2)8-9-23(12-13-4-3-5-14(19)10-13)18(24)16-11-15(20)6-7-17(16)21/h3-7,10-11H,8-9,12H2,1-2H3. The summed E-state index contributed by atoms with van der Waals surface area (Å²) in [5.41, 5.74) is 1.03. The van der Waals surface area contributed by atoms with E-state index >= 15 is 0 Å². The first-order chi connectivity index (χ1) is 11.4. The van der Waals surface area contributed by atoms with Crippen LogP contribution < -0.4 is 0 Å². The Labute approximate surface area is 154 Å². The molecule has 1 amide bonds. The molecule has 0 saturated heterocycles. The van der Waals surface area contributed by atoms with Crippen molar-refractivity contribution in [2.75, 3.05) is 27.2 Å². The van der Waals surface area contributed by atoms with Gasteiger partial charge in [0.05, 0.1) is 5.56 Å². The van der Waals surface area contributed by atoms with Gasteiger partial charge < -0.3 is 9.80 Å². The number of hydrogen-bond donors (Lipinski definition) is 0. The first-order valence-corrected chi connectivity index (χ1v) is 8.58. The van der Waals surface area contributed by atoms with E-state index in [1.165, 1.54) is 24.3 Å². The molecule has 0 spiro atoms. The van der Waals surface area contributed by atoms with Crippen LogP contribution in [0, 0.1) is 15.2 Å². The number of hydrogen-bond acceptors (Lipinski definition) is 2. The molecule has 0 atom stereocenters. The zero-order valence-corrected chi connectivity index (χ0v) is 15.8. The van der Waals surface area contributed by atoms with Crippen LogP contribution in [0.2, 0.25) is 0 Å². The lowest BCUT2D eigenvalue weighted by Gasteiger charge is -2.25. The second kappa shape index (κ2) is 8.53. The fraction of sp³-hybridized carbons (Fsp3) is 0.278. The van der Waals surface area contributed by atoms with Gasteiger partial charge in [0, 0.05) is 23.2 Å². The summed E-state index contributed by atoms with van der Waals surface area (Å²) in [5.74, 6) is -1.05. The summed E-state index contributed by atoms with van der Waals surface area (Å²) >= 11 is 2.02. The normalized spacial score (nSPS) is 10.9.